The minimum absolute atomic E-state index is 0.492. The van der Waals surface area contributed by atoms with E-state index < -0.39 is 0 Å². The van der Waals surface area contributed by atoms with Crippen molar-refractivity contribution in [2.24, 2.45) is 0 Å². The Morgan fingerprint density at radius 3 is 3.07 bits per heavy atom. The van der Waals surface area contributed by atoms with Gasteiger partial charge in [-0.05, 0) is 34.5 Å². The summed E-state index contributed by atoms with van der Waals surface area (Å²) in [4.78, 5) is 8.09. The Morgan fingerprint density at radius 1 is 1.47 bits per heavy atom. The molecule has 0 aliphatic rings. The van der Waals surface area contributed by atoms with Crippen molar-refractivity contribution in [2.75, 3.05) is 5.32 Å². The molecular formula is C9H9BrN4O. The molecule has 2 aromatic rings. The number of aromatic nitrogens is 3. The van der Waals surface area contributed by atoms with E-state index in [4.69, 9.17) is 0 Å². The second-order valence-corrected chi connectivity index (χ2v) is 3.78. The predicted octanol–water partition coefficient (Wildman–Crippen LogP) is 2.15. The molecule has 6 heteroatoms. The van der Waals surface area contributed by atoms with E-state index in [-0.39, 0.29) is 0 Å². The van der Waals surface area contributed by atoms with Crippen LogP contribution in [-0.4, -0.2) is 15.1 Å². The van der Waals surface area contributed by atoms with Crippen molar-refractivity contribution in [2.45, 2.75) is 13.5 Å². The minimum Gasteiger partial charge on any atom is -0.362 e. The number of anilines is 1. The Kier molecular flexibility index (Phi) is 2.96. The van der Waals surface area contributed by atoms with Crippen LogP contribution in [0, 0.1) is 6.92 Å². The van der Waals surface area contributed by atoms with Crippen molar-refractivity contribution < 1.29 is 4.52 Å². The predicted molar refractivity (Wildman–Crippen MR) is 58.3 cm³/mol. The Bertz CT molecular complexity index is 443. The van der Waals surface area contributed by atoms with Crippen LogP contribution in [0.15, 0.2) is 27.7 Å². The monoisotopic (exact) mass is 268 g/mol. The average molecular weight is 269 g/mol. The van der Waals surface area contributed by atoms with E-state index in [2.05, 4.69) is 40.9 Å². The van der Waals surface area contributed by atoms with E-state index in [1.807, 2.05) is 13.0 Å². The summed E-state index contributed by atoms with van der Waals surface area (Å²) in [5.74, 6) is 1.38. The molecule has 2 aromatic heterocycles. The molecule has 15 heavy (non-hydrogen) atoms. The van der Waals surface area contributed by atoms with E-state index in [0.29, 0.717) is 12.4 Å². The zero-order valence-electron chi connectivity index (χ0n) is 8.07. The second-order valence-electron chi connectivity index (χ2n) is 2.99. The third-order valence-corrected chi connectivity index (χ3v) is 2.90. The van der Waals surface area contributed by atoms with Gasteiger partial charge in [0.05, 0.1) is 11.0 Å². The molecule has 0 saturated carbocycles. The lowest BCUT2D eigenvalue weighted by atomic mass is 10.3. The van der Waals surface area contributed by atoms with Gasteiger partial charge in [0, 0.05) is 6.20 Å². The summed E-state index contributed by atoms with van der Waals surface area (Å²) in [5.41, 5.74) is 1.13. The molecule has 0 fully saturated rings. The van der Waals surface area contributed by atoms with Crippen molar-refractivity contribution in [3.63, 3.8) is 0 Å². The van der Waals surface area contributed by atoms with E-state index in [0.717, 1.165) is 15.9 Å². The SMILES string of the molecule is Cc1ccnc(NCc2ncon2)c1Br. The minimum atomic E-state index is 0.492. The van der Waals surface area contributed by atoms with Crippen LogP contribution < -0.4 is 5.32 Å². The maximum Gasteiger partial charge on any atom is 0.213 e. The van der Waals surface area contributed by atoms with Crippen LogP contribution in [0.3, 0.4) is 0 Å². The fraction of sp³-hybridized carbons (Fsp3) is 0.222. The molecule has 0 atom stereocenters. The number of pyridine rings is 1. The van der Waals surface area contributed by atoms with Crippen LogP contribution in [0.2, 0.25) is 0 Å². The summed E-state index contributed by atoms with van der Waals surface area (Å²) in [6.45, 7) is 2.50. The summed E-state index contributed by atoms with van der Waals surface area (Å²) in [7, 11) is 0. The van der Waals surface area contributed by atoms with Gasteiger partial charge in [0.15, 0.2) is 5.82 Å². The molecule has 2 heterocycles. The first-order valence-corrected chi connectivity index (χ1v) is 5.17. The smallest absolute Gasteiger partial charge is 0.213 e. The number of hydrogen-bond donors (Lipinski definition) is 1. The molecule has 0 amide bonds. The Morgan fingerprint density at radius 2 is 2.33 bits per heavy atom. The van der Waals surface area contributed by atoms with Gasteiger partial charge in [-0.25, -0.2) is 4.98 Å². The molecule has 0 saturated heterocycles. The van der Waals surface area contributed by atoms with E-state index >= 15 is 0 Å². The Balaban J connectivity index is 2.08. The average Bonchev–Trinajstić information content (AvgIpc) is 2.73. The van der Waals surface area contributed by atoms with Gasteiger partial charge in [-0.2, -0.15) is 4.98 Å². The summed E-state index contributed by atoms with van der Waals surface area (Å²) in [6, 6.07) is 1.93. The summed E-state index contributed by atoms with van der Waals surface area (Å²) >= 11 is 3.46. The quantitative estimate of drug-likeness (QED) is 0.924. The molecule has 0 radical (unpaired) electrons. The first kappa shape index (κ1) is 10.1. The fourth-order valence-electron chi connectivity index (χ4n) is 1.10. The van der Waals surface area contributed by atoms with Crippen LogP contribution in [-0.2, 0) is 6.54 Å². The number of rotatable bonds is 3. The topological polar surface area (TPSA) is 63.8 Å². The lowest BCUT2D eigenvalue weighted by molar-refractivity contribution is 0.411. The van der Waals surface area contributed by atoms with Crippen molar-refractivity contribution in [1.82, 2.24) is 15.1 Å². The van der Waals surface area contributed by atoms with Crippen molar-refractivity contribution in [1.29, 1.82) is 0 Å². The lowest BCUT2D eigenvalue weighted by Gasteiger charge is -2.06. The maximum absolute atomic E-state index is 4.62. The van der Waals surface area contributed by atoms with Gasteiger partial charge >= 0.3 is 0 Å². The molecule has 1 N–H and O–H groups in total. The Hall–Kier alpha value is -1.43. The van der Waals surface area contributed by atoms with Crippen molar-refractivity contribution in [3.05, 3.63) is 34.5 Å². The third-order valence-electron chi connectivity index (χ3n) is 1.90. The van der Waals surface area contributed by atoms with Crippen LogP contribution in [0.1, 0.15) is 11.4 Å². The molecule has 0 aromatic carbocycles. The molecule has 5 nitrogen and oxygen atoms in total. The lowest BCUT2D eigenvalue weighted by Crippen LogP contribution is -2.03. The van der Waals surface area contributed by atoms with Crippen LogP contribution >= 0.6 is 15.9 Å². The fourth-order valence-corrected chi connectivity index (χ4v) is 1.47. The highest BCUT2D eigenvalue weighted by Gasteiger charge is 2.04. The second kappa shape index (κ2) is 4.39. The normalized spacial score (nSPS) is 10.3. The van der Waals surface area contributed by atoms with Crippen molar-refractivity contribution in [3.8, 4) is 0 Å². The van der Waals surface area contributed by atoms with E-state index in [9.17, 15) is 0 Å². The van der Waals surface area contributed by atoms with Gasteiger partial charge in [-0.15, -0.1) is 0 Å². The van der Waals surface area contributed by atoms with Gasteiger partial charge < -0.3 is 9.84 Å². The molecule has 0 aliphatic heterocycles. The highest BCUT2D eigenvalue weighted by molar-refractivity contribution is 9.10. The summed E-state index contributed by atoms with van der Waals surface area (Å²) in [6.07, 6.45) is 3.05. The van der Waals surface area contributed by atoms with E-state index in [1.54, 1.807) is 6.20 Å². The van der Waals surface area contributed by atoms with Crippen molar-refractivity contribution >= 4 is 21.7 Å². The zero-order valence-corrected chi connectivity index (χ0v) is 9.65. The van der Waals surface area contributed by atoms with Crippen LogP contribution in [0.4, 0.5) is 5.82 Å². The third kappa shape index (κ3) is 2.33. The molecule has 78 valence electrons. The molecule has 0 unspecified atom stereocenters. The zero-order chi connectivity index (χ0) is 10.7. The van der Waals surface area contributed by atoms with Gasteiger partial charge in [-0.1, -0.05) is 5.16 Å². The molecule has 0 bridgehead atoms. The highest BCUT2D eigenvalue weighted by atomic mass is 79.9. The summed E-state index contributed by atoms with van der Waals surface area (Å²) in [5, 5.41) is 6.80. The number of aryl methyl sites for hydroxylation is 1. The maximum atomic E-state index is 4.62. The molecular weight excluding hydrogens is 260 g/mol. The largest absolute Gasteiger partial charge is 0.362 e. The molecule has 0 aliphatic carbocycles. The molecule has 2 rings (SSSR count). The van der Waals surface area contributed by atoms with Gasteiger partial charge in [0.25, 0.3) is 0 Å². The van der Waals surface area contributed by atoms with Crippen LogP contribution in [0.5, 0.6) is 0 Å². The molecule has 0 spiro atoms. The number of hydrogen-bond acceptors (Lipinski definition) is 5. The number of nitrogens with one attached hydrogen (secondary N) is 1. The van der Waals surface area contributed by atoms with Gasteiger partial charge in [-0.3, -0.25) is 0 Å². The number of nitrogens with zero attached hydrogens (tertiary/aromatic N) is 3. The first-order chi connectivity index (χ1) is 7.27. The van der Waals surface area contributed by atoms with Gasteiger partial charge in [0.2, 0.25) is 6.39 Å². The standard InChI is InChI=1S/C9H9BrN4O/c1-6-2-3-11-9(8(6)10)12-4-7-13-5-15-14-7/h2-3,5H,4H2,1H3,(H,11,12). The van der Waals surface area contributed by atoms with E-state index in [1.165, 1.54) is 6.39 Å². The first-order valence-electron chi connectivity index (χ1n) is 4.37. The summed E-state index contributed by atoms with van der Waals surface area (Å²) < 4.78 is 5.58. The van der Waals surface area contributed by atoms with Gasteiger partial charge in [0.1, 0.15) is 5.82 Å². The Labute approximate surface area is 95.0 Å². The van der Waals surface area contributed by atoms with Crippen LogP contribution in [0.25, 0.3) is 0 Å². The highest BCUT2D eigenvalue weighted by Crippen LogP contribution is 2.23. The number of halogens is 1.